The van der Waals surface area contributed by atoms with Gasteiger partial charge in [0.25, 0.3) is 0 Å². The number of hydrogen-bond acceptors (Lipinski definition) is 0. The molecule has 0 nitrogen and oxygen atoms in total. The highest BCUT2D eigenvalue weighted by molar-refractivity contribution is 4.98. The molecule has 0 aliphatic heterocycles. The quantitative estimate of drug-likeness (QED) is 0.469. The van der Waals surface area contributed by atoms with Crippen molar-refractivity contribution in [3.63, 3.8) is 0 Å². The van der Waals surface area contributed by atoms with Crippen molar-refractivity contribution < 1.29 is 13.2 Å². The summed E-state index contributed by atoms with van der Waals surface area (Å²) in [7, 11) is 0. The molecule has 0 saturated heterocycles. The largest absolute Gasteiger partial charge is 0.389 e. The standard InChI is InChI=1S/C12H19F3/c1-10-5-7-11(8-6-10)4-2-3-9-12(13,14)15/h11H,1-9H2. The molecule has 0 bridgehead atoms. The Morgan fingerprint density at radius 2 is 1.73 bits per heavy atom. The van der Waals surface area contributed by atoms with E-state index in [4.69, 9.17) is 0 Å². The minimum Gasteiger partial charge on any atom is -0.171 e. The molecule has 15 heavy (non-hydrogen) atoms. The Bertz CT molecular complexity index is 195. The van der Waals surface area contributed by atoms with Gasteiger partial charge in [0.1, 0.15) is 0 Å². The fourth-order valence-corrected chi connectivity index (χ4v) is 2.13. The summed E-state index contributed by atoms with van der Waals surface area (Å²) < 4.78 is 35.6. The van der Waals surface area contributed by atoms with E-state index in [1.165, 1.54) is 5.57 Å². The summed E-state index contributed by atoms with van der Waals surface area (Å²) in [5.74, 6) is 0.642. The summed E-state index contributed by atoms with van der Waals surface area (Å²) in [6.45, 7) is 3.93. The summed E-state index contributed by atoms with van der Waals surface area (Å²) in [6.07, 6.45) is 1.79. The highest BCUT2D eigenvalue weighted by Gasteiger charge is 2.26. The van der Waals surface area contributed by atoms with Crippen LogP contribution in [0.1, 0.15) is 51.4 Å². The summed E-state index contributed by atoms with van der Waals surface area (Å²) in [6, 6.07) is 0. The molecule has 0 aromatic heterocycles. The smallest absolute Gasteiger partial charge is 0.171 e. The van der Waals surface area contributed by atoms with Crippen molar-refractivity contribution in [2.75, 3.05) is 0 Å². The Hall–Kier alpha value is -0.470. The summed E-state index contributed by atoms with van der Waals surface area (Å²) in [5, 5.41) is 0. The maximum Gasteiger partial charge on any atom is 0.389 e. The van der Waals surface area contributed by atoms with Crippen LogP contribution in [0.15, 0.2) is 12.2 Å². The Balaban J connectivity index is 2.03. The van der Waals surface area contributed by atoms with Gasteiger partial charge in [-0.2, -0.15) is 13.2 Å². The zero-order valence-corrected chi connectivity index (χ0v) is 9.08. The van der Waals surface area contributed by atoms with Crippen molar-refractivity contribution in [1.29, 1.82) is 0 Å². The van der Waals surface area contributed by atoms with E-state index < -0.39 is 12.6 Å². The third-order valence-corrected chi connectivity index (χ3v) is 3.13. The van der Waals surface area contributed by atoms with Gasteiger partial charge in [0.05, 0.1) is 0 Å². The average molecular weight is 220 g/mol. The number of unbranched alkanes of at least 4 members (excludes halogenated alkanes) is 1. The van der Waals surface area contributed by atoms with Crippen LogP contribution in [0.5, 0.6) is 0 Å². The maximum absolute atomic E-state index is 11.9. The monoisotopic (exact) mass is 220 g/mol. The van der Waals surface area contributed by atoms with Crippen LogP contribution in [0, 0.1) is 5.92 Å². The van der Waals surface area contributed by atoms with Gasteiger partial charge < -0.3 is 0 Å². The second-order valence-corrected chi connectivity index (χ2v) is 4.55. The Morgan fingerprint density at radius 3 is 2.27 bits per heavy atom. The fourth-order valence-electron chi connectivity index (χ4n) is 2.13. The summed E-state index contributed by atoms with van der Waals surface area (Å²) in [5.41, 5.74) is 1.31. The lowest BCUT2D eigenvalue weighted by molar-refractivity contribution is -0.135. The molecule has 0 N–H and O–H groups in total. The van der Waals surface area contributed by atoms with Crippen molar-refractivity contribution in [2.45, 2.75) is 57.5 Å². The molecule has 0 atom stereocenters. The molecule has 0 aromatic carbocycles. The Labute approximate surface area is 89.6 Å². The molecule has 88 valence electrons. The summed E-state index contributed by atoms with van der Waals surface area (Å²) >= 11 is 0. The molecule has 0 amide bonds. The van der Waals surface area contributed by atoms with Gasteiger partial charge in [-0.1, -0.05) is 25.0 Å². The van der Waals surface area contributed by atoms with Crippen LogP contribution in [0.4, 0.5) is 13.2 Å². The maximum atomic E-state index is 11.9. The van der Waals surface area contributed by atoms with Crippen LogP contribution in [-0.4, -0.2) is 6.18 Å². The normalized spacial score (nSPS) is 19.5. The molecule has 0 spiro atoms. The van der Waals surface area contributed by atoms with E-state index in [2.05, 4.69) is 6.58 Å². The predicted octanol–water partition coefficient (Wildman–Crippen LogP) is 4.86. The number of hydrogen-bond donors (Lipinski definition) is 0. The van der Waals surface area contributed by atoms with Crippen LogP contribution in [0.25, 0.3) is 0 Å². The molecule has 1 saturated carbocycles. The number of allylic oxidation sites excluding steroid dienone is 1. The molecule has 0 unspecified atom stereocenters. The van der Waals surface area contributed by atoms with Crippen LogP contribution < -0.4 is 0 Å². The van der Waals surface area contributed by atoms with Crippen LogP contribution in [0.3, 0.4) is 0 Å². The molecule has 0 radical (unpaired) electrons. The van der Waals surface area contributed by atoms with Gasteiger partial charge in [0, 0.05) is 6.42 Å². The highest BCUT2D eigenvalue weighted by Crippen LogP contribution is 2.31. The Kier molecular flexibility index (Phi) is 4.68. The lowest BCUT2D eigenvalue weighted by Crippen LogP contribution is -2.09. The minimum atomic E-state index is -3.97. The first kappa shape index (κ1) is 12.6. The van der Waals surface area contributed by atoms with Gasteiger partial charge in [-0.25, -0.2) is 0 Å². The first-order valence-electron chi connectivity index (χ1n) is 5.71. The van der Waals surface area contributed by atoms with Gasteiger partial charge in [0.2, 0.25) is 0 Å². The van der Waals surface area contributed by atoms with Crippen molar-refractivity contribution in [3.05, 3.63) is 12.2 Å². The summed E-state index contributed by atoms with van der Waals surface area (Å²) in [4.78, 5) is 0. The van der Waals surface area contributed by atoms with Crippen LogP contribution in [0.2, 0.25) is 0 Å². The highest BCUT2D eigenvalue weighted by atomic mass is 19.4. The second-order valence-electron chi connectivity index (χ2n) is 4.55. The number of alkyl halides is 3. The molecular weight excluding hydrogens is 201 g/mol. The zero-order valence-electron chi connectivity index (χ0n) is 9.08. The third-order valence-electron chi connectivity index (χ3n) is 3.13. The van der Waals surface area contributed by atoms with Gasteiger partial charge >= 0.3 is 6.18 Å². The minimum absolute atomic E-state index is 0.293. The van der Waals surface area contributed by atoms with Crippen LogP contribution in [-0.2, 0) is 0 Å². The van der Waals surface area contributed by atoms with E-state index in [-0.39, 0.29) is 0 Å². The van der Waals surface area contributed by atoms with E-state index in [1.54, 1.807) is 0 Å². The molecule has 1 rings (SSSR count). The molecule has 0 heterocycles. The van der Waals surface area contributed by atoms with Crippen molar-refractivity contribution in [2.24, 2.45) is 5.92 Å². The first-order chi connectivity index (χ1) is 6.97. The second kappa shape index (κ2) is 5.57. The number of rotatable bonds is 4. The molecule has 1 fully saturated rings. The average Bonchev–Trinajstić information content (AvgIpc) is 2.14. The Morgan fingerprint density at radius 1 is 1.13 bits per heavy atom. The molecule has 0 aromatic rings. The topological polar surface area (TPSA) is 0 Å². The van der Waals surface area contributed by atoms with E-state index in [1.807, 2.05) is 0 Å². The van der Waals surface area contributed by atoms with E-state index in [0.29, 0.717) is 12.3 Å². The van der Waals surface area contributed by atoms with E-state index in [9.17, 15) is 13.2 Å². The van der Waals surface area contributed by atoms with Crippen molar-refractivity contribution in [3.8, 4) is 0 Å². The third kappa shape index (κ3) is 5.85. The lowest BCUT2D eigenvalue weighted by atomic mass is 9.83. The molecule has 1 aliphatic carbocycles. The van der Waals surface area contributed by atoms with E-state index in [0.717, 1.165) is 38.5 Å². The fraction of sp³-hybridized carbons (Fsp3) is 0.833. The van der Waals surface area contributed by atoms with Crippen LogP contribution >= 0.6 is 0 Å². The lowest BCUT2D eigenvalue weighted by Gasteiger charge is -2.23. The van der Waals surface area contributed by atoms with Crippen molar-refractivity contribution >= 4 is 0 Å². The van der Waals surface area contributed by atoms with Crippen molar-refractivity contribution in [1.82, 2.24) is 0 Å². The SMILES string of the molecule is C=C1CCC(CCCCC(F)(F)F)CC1. The van der Waals surface area contributed by atoms with Gasteiger partial charge in [0.15, 0.2) is 0 Å². The van der Waals surface area contributed by atoms with Gasteiger partial charge in [-0.05, 0) is 38.0 Å². The first-order valence-corrected chi connectivity index (χ1v) is 5.71. The van der Waals surface area contributed by atoms with Gasteiger partial charge in [-0.3, -0.25) is 0 Å². The zero-order chi connectivity index (χ0) is 11.3. The van der Waals surface area contributed by atoms with E-state index >= 15 is 0 Å². The molecular formula is C12H19F3. The number of halogens is 3. The van der Waals surface area contributed by atoms with Gasteiger partial charge in [-0.15, -0.1) is 0 Å². The molecule has 3 heteroatoms. The molecule has 1 aliphatic rings. The predicted molar refractivity (Wildman–Crippen MR) is 55.6 cm³/mol.